The molecule has 1 aromatic carbocycles. The first kappa shape index (κ1) is 13.7. The Morgan fingerprint density at radius 1 is 1.44 bits per heavy atom. The summed E-state index contributed by atoms with van der Waals surface area (Å²) in [5.41, 5.74) is 0.769. The Kier molecular flexibility index (Phi) is 4.86. The molecule has 2 N–H and O–H groups in total. The highest BCUT2D eigenvalue weighted by molar-refractivity contribution is 5.65. The van der Waals surface area contributed by atoms with Crippen molar-refractivity contribution in [3.8, 4) is 0 Å². The Labute approximate surface area is 104 Å². The van der Waals surface area contributed by atoms with Crippen LogP contribution in [0.5, 0.6) is 0 Å². The molecule has 1 amide bonds. The van der Waals surface area contributed by atoms with E-state index in [1.165, 1.54) is 19.2 Å². The predicted octanol–water partition coefficient (Wildman–Crippen LogP) is 2.22. The van der Waals surface area contributed by atoms with Gasteiger partial charge in [-0.2, -0.15) is 0 Å². The molecule has 0 saturated carbocycles. The van der Waals surface area contributed by atoms with Gasteiger partial charge in [0.15, 0.2) is 0 Å². The average Bonchev–Trinajstić information content (AvgIpc) is 2.34. The van der Waals surface area contributed by atoms with Crippen molar-refractivity contribution >= 4 is 6.09 Å². The van der Waals surface area contributed by atoms with Crippen molar-refractivity contribution in [2.24, 2.45) is 0 Å². The molecule has 6 nitrogen and oxygen atoms in total. The first-order valence-corrected chi connectivity index (χ1v) is 5.37. The summed E-state index contributed by atoms with van der Waals surface area (Å²) in [5.74, 6) is -0.479. The van der Waals surface area contributed by atoms with Gasteiger partial charge in [0.25, 0.3) is 0 Å². The molecule has 0 aliphatic carbocycles. The van der Waals surface area contributed by atoms with E-state index in [2.05, 4.69) is 5.32 Å². The second-order valence-corrected chi connectivity index (χ2v) is 3.77. The zero-order valence-corrected chi connectivity index (χ0v) is 9.82. The van der Waals surface area contributed by atoms with Crippen molar-refractivity contribution in [3.63, 3.8) is 0 Å². The van der Waals surface area contributed by atoms with Gasteiger partial charge >= 0.3 is 6.09 Å². The van der Waals surface area contributed by atoms with E-state index >= 15 is 0 Å². The lowest BCUT2D eigenvalue weighted by Gasteiger charge is -2.14. The number of carbonyl (C=O) groups is 1. The molecular weight excluding hydrogens is 236 g/mol. The molecule has 0 bridgehead atoms. The Hall–Kier alpha value is -2.37. The molecule has 1 aromatic rings. The van der Waals surface area contributed by atoms with Crippen LogP contribution >= 0.6 is 0 Å². The number of nitro groups is 1. The van der Waals surface area contributed by atoms with Crippen molar-refractivity contribution in [1.82, 2.24) is 5.32 Å². The normalized spacial score (nSPS) is 14.1. The minimum absolute atomic E-state index is 0.386. The Morgan fingerprint density at radius 2 is 2.06 bits per heavy atom. The van der Waals surface area contributed by atoms with Crippen LogP contribution in [0.2, 0.25) is 0 Å². The predicted molar refractivity (Wildman–Crippen MR) is 65.9 cm³/mol. The fraction of sp³-hybridized carbons (Fsp3) is 0.250. The quantitative estimate of drug-likeness (QED) is 0.619. The van der Waals surface area contributed by atoms with E-state index in [-0.39, 0.29) is 4.92 Å². The van der Waals surface area contributed by atoms with Gasteiger partial charge in [-0.05, 0) is 5.56 Å². The van der Waals surface area contributed by atoms with Crippen molar-refractivity contribution in [1.29, 1.82) is 0 Å². The number of amides is 1. The van der Waals surface area contributed by atoms with Gasteiger partial charge in [-0.1, -0.05) is 36.4 Å². The van der Waals surface area contributed by atoms with Crippen LogP contribution < -0.4 is 5.32 Å². The third-order valence-corrected chi connectivity index (χ3v) is 2.55. The lowest BCUT2D eigenvalue weighted by molar-refractivity contribution is -0.520. The number of carboxylic acid groups (broad SMARTS) is 1. The minimum Gasteiger partial charge on any atom is -0.465 e. The molecule has 96 valence electrons. The van der Waals surface area contributed by atoms with Gasteiger partial charge < -0.3 is 5.11 Å². The van der Waals surface area contributed by atoms with Crippen LogP contribution in [0.3, 0.4) is 0 Å². The summed E-state index contributed by atoms with van der Waals surface area (Å²) in [6, 6.07) is 8.10. The average molecular weight is 250 g/mol. The SMILES string of the molecule is CC(C(/C=C/NC(=O)O)c1ccccc1)[N+](=O)[O-]. The number of benzene rings is 1. The van der Waals surface area contributed by atoms with E-state index in [9.17, 15) is 14.9 Å². The van der Waals surface area contributed by atoms with Gasteiger partial charge in [-0.25, -0.2) is 4.79 Å². The molecule has 0 spiro atoms. The Balaban J connectivity index is 2.92. The van der Waals surface area contributed by atoms with Crippen LogP contribution in [-0.2, 0) is 0 Å². The number of rotatable bonds is 5. The zero-order chi connectivity index (χ0) is 13.5. The second kappa shape index (κ2) is 6.39. The highest BCUT2D eigenvalue weighted by atomic mass is 16.6. The van der Waals surface area contributed by atoms with E-state index < -0.39 is 18.1 Å². The molecule has 6 heteroatoms. The molecule has 2 atom stereocenters. The highest BCUT2D eigenvalue weighted by Crippen LogP contribution is 2.22. The third-order valence-electron chi connectivity index (χ3n) is 2.55. The number of nitrogens with zero attached hydrogens (tertiary/aromatic N) is 1. The maximum Gasteiger partial charge on any atom is 0.408 e. The highest BCUT2D eigenvalue weighted by Gasteiger charge is 2.25. The van der Waals surface area contributed by atoms with Crippen molar-refractivity contribution in [3.05, 3.63) is 58.3 Å². The maximum absolute atomic E-state index is 10.8. The number of hydrogen-bond acceptors (Lipinski definition) is 3. The standard InChI is InChI=1S/C12H14N2O4/c1-9(14(17)18)11(7-8-13-12(15)16)10-5-3-2-4-6-10/h2-9,11,13H,1H3,(H,15,16)/b8-7+. The summed E-state index contributed by atoms with van der Waals surface area (Å²) in [7, 11) is 0. The van der Waals surface area contributed by atoms with Gasteiger partial charge in [0.1, 0.15) is 0 Å². The largest absolute Gasteiger partial charge is 0.465 e. The van der Waals surface area contributed by atoms with Crippen molar-refractivity contribution in [2.45, 2.75) is 18.9 Å². The molecule has 1 rings (SSSR count). The van der Waals surface area contributed by atoms with Crippen LogP contribution in [-0.4, -0.2) is 22.2 Å². The molecular formula is C12H14N2O4. The lowest BCUT2D eigenvalue weighted by Crippen LogP contribution is -2.23. The van der Waals surface area contributed by atoms with E-state index in [4.69, 9.17) is 5.11 Å². The molecule has 0 heterocycles. The van der Waals surface area contributed by atoms with E-state index in [0.717, 1.165) is 5.56 Å². The van der Waals surface area contributed by atoms with Crippen LogP contribution in [0, 0.1) is 10.1 Å². The van der Waals surface area contributed by atoms with E-state index in [0.29, 0.717) is 0 Å². The maximum atomic E-state index is 10.8. The topological polar surface area (TPSA) is 92.5 Å². The van der Waals surface area contributed by atoms with Crippen LogP contribution in [0.1, 0.15) is 18.4 Å². The molecule has 0 radical (unpaired) electrons. The Morgan fingerprint density at radius 3 is 2.56 bits per heavy atom. The number of hydrogen-bond donors (Lipinski definition) is 2. The van der Waals surface area contributed by atoms with Crippen LogP contribution in [0.25, 0.3) is 0 Å². The molecule has 0 aromatic heterocycles. The van der Waals surface area contributed by atoms with Gasteiger partial charge in [0.2, 0.25) is 6.04 Å². The molecule has 0 saturated heterocycles. The van der Waals surface area contributed by atoms with Crippen molar-refractivity contribution < 1.29 is 14.8 Å². The fourth-order valence-corrected chi connectivity index (χ4v) is 1.58. The smallest absolute Gasteiger partial charge is 0.408 e. The first-order valence-electron chi connectivity index (χ1n) is 5.37. The lowest BCUT2D eigenvalue weighted by atomic mass is 9.93. The summed E-state index contributed by atoms with van der Waals surface area (Å²) >= 11 is 0. The molecule has 18 heavy (non-hydrogen) atoms. The molecule has 0 aliphatic rings. The summed E-state index contributed by atoms with van der Waals surface area (Å²) < 4.78 is 0. The summed E-state index contributed by atoms with van der Waals surface area (Å²) in [6.07, 6.45) is 1.49. The van der Waals surface area contributed by atoms with Gasteiger partial charge in [-0.3, -0.25) is 15.4 Å². The molecule has 0 fully saturated rings. The molecule has 2 unspecified atom stereocenters. The summed E-state index contributed by atoms with van der Waals surface area (Å²) in [6.45, 7) is 1.49. The van der Waals surface area contributed by atoms with Gasteiger partial charge in [0, 0.05) is 18.0 Å². The fourth-order valence-electron chi connectivity index (χ4n) is 1.58. The molecule has 0 aliphatic heterocycles. The van der Waals surface area contributed by atoms with E-state index in [1.807, 2.05) is 6.07 Å². The monoisotopic (exact) mass is 250 g/mol. The zero-order valence-electron chi connectivity index (χ0n) is 9.82. The third kappa shape index (κ3) is 3.89. The second-order valence-electron chi connectivity index (χ2n) is 3.77. The Bertz CT molecular complexity index is 445. The first-order chi connectivity index (χ1) is 8.52. The minimum atomic E-state index is -1.20. The van der Waals surface area contributed by atoms with Crippen LogP contribution in [0.4, 0.5) is 4.79 Å². The van der Waals surface area contributed by atoms with Crippen LogP contribution in [0.15, 0.2) is 42.6 Å². The summed E-state index contributed by atoms with van der Waals surface area (Å²) in [5, 5.41) is 21.3. The van der Waals surface area contributed by atoms with Gasteiger partial charge in [0.05, 0.1) is 5.92 Å². The van der Waals surface area contributed by atoms with Crippen molar-refractivity contribution in [2.75, 3.05) is 0 Å². The van der Waals surface area contributed by atoms with E-state index in [1.54, 1.807) is 24.3 Å². The van der Waals surface area contributed by atoms with Gasteiger partial charge in [-0.15, -0.1) is 0 Å². The number of nitrogens with one attached hydrogen (secondary N) is 1. The summed E-state index contributed by atoms with van der Waals surface area (Å²) in [4.78, 5) is 20.8.